The first-order valence-electron chi connectivity index (χ1n) is 12.8. The van der Waals surface area contributed by atoms with Crippen molar-refractivity contribution in [2.45, 2.75) is 25.9 Å². The quantitative estimate of drug-likeness (QED) is 0.216. The number of para-hydroxylation sites is 1. The van der Waals surface area contributed by atoms with Crippen molar-refractivity contribution in [2.75, 3.05) is 5.32 Å². The van der Waals surface area contributed by atoms with Gasteiger partial charge in [-0.25, -0.2) is 22.9 Å². The molecule has 10 heteroatoms. The molecular weight excluding hydrogens is 553 g/mol. The topological polar surface area (TPSA) is 67.2 Å². The minimum absolute atomic E-state index is 0.0703. The zero-order valence-corrected chi connectivity index (χ0v) is 22.6. The van der Waals surface area contributed by atoms with Crippen LogP contribution in [-0.2, 0) is 6.54 Å². The van der Waals surface area contributed by atoms with Gasteiger partial charge in [0.15, 0.2) is 0 Å². The third-order valence-corrected chi connectivity index (χ3v) is 6.94. The largest absolute Gasteiger partial charge is 0.322 e. The third kappa shape index (κ3) is 5.81. The molecule has 41 heavy (non-hydrogen) atoms. The van der Waals surface area contributed by atoms with Crippen LogP contribution in [0, 0.1) is 17.5 Å². The number of nitrogens with one attached hydrogen (secondary N) is 1. The summed E-state index contributed by atoms with van der Waals surface area (Å²) in [5.41, 5.74) is 0.785. The molecule has 0 fully saturated rings. The summed E-state index contributed by atoms with van der Waals surface area (Å²) in [5.74, 6) is -2.18. The van der Waals surface area contributed by atoms with E-state index in [-0.39, 0.29) is 28.8 Å². The summed E-state index contributed by atoms with van der Waals surface area (Å²) in [6.07, 6.45) is 0.297. The van der Waals surface area contributed by atoms with E-state index < -0.39 is 35.1 Å². The van der Waals surface area contributed by atoms with Crippen molar-refractivity contribution < 1.29 is 18.0 Å². The summed E-state index contributed by atoms with van der Waals surface area (Å²) in [4.78, 5) is 33.9. The van der Waals surface area contributed by atoms with Crippen LogP contribution in [0.15, 0.2) is 95.8 Å². The molecule has 0 saturated heterocycles. The predicted octanol–water partition coefficient (Wildman–Crippen LogP) is 7.64. The first-order valence-corrected chi connectivity index (χ1v) is 13.2. The van der Waals surface area contributed by atoms with Crippen LogP contribution in [0.1, 0.15) is 30.8 Å². The van der Waals surface area contributed by atoms with Gasteiger partial charge in [0.05, 0.1) is 33.3 Å². The zero-order valence-electron chi connectivity index (χ0n) is 21.8. The van der Waals surface area contributed by atoms with Crippen LogP contribution in [-0.4, -0.2) is 20.5 Å². The molecule has 1 N–H and O–H groups in total. The molecule has 6 nitrogen and oxygen atoms in total. The lowest BCUT2D eigenvalue weighted by Gasteiger charge is -2.32. The SMILES string of the molecule is CCC(c1nc2ccccc2c(=O)n1-c1ccc(F)c(Cl)c1)N(Cc1ccccc1)C(=O)Nc1ccc(F)cc1F. The number of nitrogens with zero attached hydrogens (tertiary/aromatic N) is 3. The molecule has 0 aliphatic heterocycles. The highest BCUT2D eigenvalue weighted by Crippen LogP contribution is 2.30. The molecule has 5 aromatic rings. The number of fused-ring (bicyclic) bond motifs is 1. The first kappa shape index (κ1) is 27.9. The van der Waals surface area contributed by atoms with E-state index in [0.717, 1.165) is 23.8 Å². The van der Waals surface area contributed by atoms with E-state index in [0.29, 0.717) is 23.4 Å². The summed E-state index contributed by atoms with van der Waals surface area (Å²) in [5, 5.41) is 2.66. The average molecular weight is 577 g/mol. The van der Waals surface area contributed by atoms with E-state index in [1.807, 2.05) is 37.3 Å². The number of halogens is 4. The van der Waals surface area contributed by atoms with Crippen molar-refractivity contribution >= 4 is 34.2 Å². The van der Waals surface area contributed by atoms with Crippen molar-refractivity contribution in [2.24, 2.45) is 0 Å². The molecule has 1 heterocycles. The lowest BCUT2D eigenvalue weighted by atomic mass is 10.1. The Morgan fingerprint density at radius 1 is 0.951 bits per heavy atom. The Labute approximate surface area is 238 Å². The Balaban J connectivity index is 1.69. The number of carbonyl (C=O) groups is 1. The normalized spacial score (nSPS) is 11.8. The third-order valence-electron chi connectivity index (χ3n) is 6.65. The number of hydrogen-bond donors (Lipinski definition) is 1. The van der Waals surface area contributed by atoms with Crippen LogP contribution >= 0.6 is 11.6 Å². The fourth-order valence-corrected chi connectivity index (χ4v) is 4.85. The van der Waals surface area contributed by atoms with Gasteiger partial charge >= 0.3 is 6.03 Å². The van der Waals surface area contributed by atoms with Crippen molar-refractivity contribution in [1.29, 1.82) is 0 Å². The standard InChI is InChI=1S/C31H24ClF3N4O2/c1-2-28(38(18-19-8-4-3-5-9-19)31(41)37-27-15-12-20(33)16-25(27)35)29-36-26-11-7-6-10-22(26)30(40)39(29)21-13-14-24(34)23(32)17-21/h3-17,28H,2,18H2,1H3,(H,37,41). The van der Waals surface area contributed by atoms with Crippen LogP contribution in [0.3, 0.4) is 0 Å². The van der Waals surface area contributed by atoms with Crippen molar-refractivity contribution in [3.63, 3.8) is 0 Å². The number of rotatable bonds is 7. The summed E-state index contributed by atoms with van der Waals surface area (Å²) in [6, 6.07) is 21.1. The molecular formula is C31H24ClF3N4O2. The van der Waals surface area contributed by atoms with Crippen LogP contribution in [0.25, 0.3) is 16.6 Å². The van der Waals surface area contributed by atoms with Gasteiger partial charge in [-0.15, -0.1) is 0 Å². The van der Waals surface area contributed by atoms with Gasteiger partial charge in [0.2, 0.25) is 0 Å². The van der Waals surface area contributed by atoms with Gasteiger partial charge in [-0.05, 0) is 54.4 Å². The molecule has 2 amide bonds. The maximum atomic E-state index is 14.5. The number of carbonyl (C=O) groups excluding carboxylic acids is 1. The van der Waals surface area contributed by atoms with E-state index in [1.165, 1.54) is 21.6 Å². The lowest BCUT2D eigenvalue weighted by Crippen LogP contribution is -2.40. The highest BCUT2D eigenvalue weighted by Gasteiger charge is 2.30. The second-order valence-corrected chi connectivity index (χ2v) is 9.73. The fourth-order valence-electron chi connectivity index (χ4n) is 4.67. The van der Waals surface area contributed by atoms with Crippen molar-refractivity contribution in [3.05, 3.63) is 135 Å². The van der Waals surface area contributed by atoms with E-state index in [1.54, 1.807) is 24.3 Å². The van der Waals surface area contributed by atoms with Crippen LogP contribution in [0.2, 0.25) is 5.02 Å². The Hall–Kier alpha value is -4.63. The van der Waals surface area contributed by atoms with Crippen molar-refractivity contribution in [3.8, 4) is 5.69 Å². The monoisotopic (exact) mass is 576 g/mol. The number of benzene rings is 4. The van der Waals surface area contributed by atoms with E-state index in [9.17, 15) is 22.8 Å². The van der Waals surface area contributed by atoms with Gasteiger partial charge in [-0.3, -0.25) is 9.36 Å². The molecule has 0 bridgehead atoms. The van der Waals surface area contributed by atoms with E-state index >= 15 is 0 Å². The highest BCUT2D eigenvalue weighted by molar-refractivity contribution is 6.30. The molecule has 1 atom stereocenters. The minimum Gasteiger partial charge on any atom is -0.310 e. The summed E-state index contributed by atoms with van der Waals surface area (Å²) in [6.45, 7) is 1.89. The molecule has 208 valence electrons. The average Bonchev–Trinajstić information content (AvgIpc) is 2.96. The second kappa shape index (κ2) is 11.9. The number of aromatic nitrogens is 2. The van der Waals surface area contributed by atoms with E-state index in [4.69, 9.17) is 16.6 Å². The van der Waals surface area contributed by atoms with E-state index in [2.05, 4.69) is 5.32 Å². The highest BCUT2D eigenvalue weighted by atomic mass is 35.5. The molecule has 1 aromatic heterocycles. The maximum Gasteiger partial charge on any atom is 0.322 e. The van der Waals surface area contributed by atoms with Crippen molar-refractivity contribution in [1.82, 2.24) is 14.5 Å². The Morgan fingerprint density at radius 2 is 1.68 bits per heavy atom. The smallest absolute Gasteiger partial charge is 0.310 e. The first-order chi connectivity index (χ1) is 19.8. The molecule has 4 aromatic carbocycles. The Kier molecular flexibility index (Phi) is 8.07. The molecule has 0 aliphatic rings. The van der Waals surface area contributed by atoms with Gasteiger partial charge in [-0.1, -0.05) is 61.0 Å². The molecule has 0 spiro atoms. The van der Waals surface area contributed by atoms with Crippen LogP contribution in [0.5, 0.6) is 0 Å². The second-order valence-electron chi connectivity index (χ2n) is 9.32. The Morgan fingerprint density at radius 3 is 2.39 bits per heavy atom. The summed E-state index contributed by atoms with van der Waals surface area (Å²) >= 11 is 6.09. The minimum atomic E-state index is -0.937. The maximum absolute atomic E-state index is 14.5. The zero-order chi connectivity index (χ0) is 29.1. The fraction of sp³-hybridized carbons (Fsp3) is 0.129. The number of amides is 2. The summed E-state index contributed by atoms with van der Waals surface area (Å²) in [7, 11) is 0. The van der Waals surface area contributed by atoms with Gasteiger partial charge in [0.25, 0.3) is 5.56 Å². The molecule has 0 radical (unpaired) electrons. The summed E-state index contributed by atoms with van der Waals surface area (Å²) < 4.78 is 43.4. The van der Waals surface area contributed by atoms with Crippen LogP contribution in [0.4, 0.5) is 23.7 Å². The van der Waals surface area contributed by atoms with Gasteiger partial charge in [0.1, 0.15) is 23.3 Å². The molecule has 1 unspecified atom stereocenters. The van der Waals surface area contributed by atoms with Gasteiger partial charge < -0.3 is 10.2 Å². The van der Waals surface area contributed by atoms with Crippen LogP contribution < -0.4 is 10.9 Å². The molecule has 5 rings (SSSR count). The number of anilines is 1. The van der Waals surface area contributed by atoms with Gasteiger partial charge in [-0.2, -0.15) is 0 Å². The predicted molar refractivity (Wildman–Crippen MR) is 153 cm³/mol. The Bertz CT molecular complexity index is 1800. The molecule has 0 saturated carbocycles. The number of urea groups is 1. The van der Waals surface area contributed by atoms with Gasteiger partial charge in [0, 0.05) is 12.6 Å². The number of hydrogen-bond acceptors (Lipinski definition) is 3. The lowest BCUT2D eigenvalue weighted by molar-refractivity contribution is 0.177. The molecule has 0 aliphatic carbocycles.